The fourth-order valence-electron chi connectivity index (χ4n) is 1.61. The number of carboxylic acids is 1. The van der Waals surface area contributed by atoms with Crippen LogP contribution in [0.1, 0.15) is 25.8 Å². The Hall–Kier alpha value is -0.610. The van der Waals surface area contributed by atoms with Crippen molar-refractivity contribution in [1.29, 1.82) is 0 Å². The number of hydrogen-bond acceptors (Lipinski definition) is 1. The number of aliphatic carboxylic acids is 1. The summed E-state index contributed by atoms with van der Waals surface area (Å²) in [6.07, 6.45) is -0.164. The third-order valence-corrected chi connectivity index (χ3v) is 3.68. The second kappa shape index (κ2) is 4.72. The molecule has 0 atom stereocenters. The van der Waals surface area contributed by atoms with E-state index in [1.807, 2.05) is 0 Å². The van der Waals surface area contributed by atoms with Crippen molar-refractivity contribution < 1.29 is 14.3 Å². The smallest absolute Gasteiger partial charge is 0.304 e. The van der Waals surface area contributed by atoms with E-state index in [-0.39, 0.29) is 6.42 Å². The van der Waals surface area contributed by atoms with Gasteiger partial charge in [0.25, 0.3) is 0 Å². The van der Waals surface area contributed by atoms with E-state index >= 15 is 0 Å². The van der Waals surface area contributed by atoms with Gasteiger partial charge in [0, 0.05) is 15.5 Å². The summed E-state index contributed by atoms with van der Waals surface area (Å²) in [6, 6.07) is 2.67. The maximum Gasteiger partial charge on any atom is 0.304 e. The molecule has 0 spiro atoms. The predicted molar refractivity (Wildman–Crippen MR) is 64.4 cm³/mol. The molecule has 0 amide bonds. The Morgan fingerprint density at radius 2 is 2.12 bits per heavy atom. The maximum atomic E-state index is 13.7. The van der Waals surface area contributed by atoms with Crippen molar-refractivity contribution in [3.63, 3.8) is 0 Å². The van der Waals surface area contributed by atoms with Crippen molar-refractivity contribution in [2.24, 2.45) is 0 Å². The van der Waals surface area contributed by atoms with Gasteiger partial charge in [0.2, 0.25) is 0 Å². The summed E-state index contributed by atoms with van der Waals surface area (Å²) < 4.78 is 14.1. The molecule has 0 radical (unpaired) electrons. The Balaban J connectivity index is 3.31. The fraction of sp³-hybridized carbons (Fsp3) is 0.364. The number of hydrogen-bond donors (Lipinski definition) is 1. The molecule has 0 aliphatic heterocycles. The molecule has 0 saturated heterocycles. The molecule has 1 aromatic carbocycles. The highest BCUT2D eigenvalue weighted by atomic mass is 79.9. The van der Waals surface area contributed by atoms with Crippen LogP contribution in [-0.4, -0.2) is 11.1 Å². The molecular formula is C11H11BrClFO2. The summed E-state index contributed by atoms with van der Waals surface area (Å²) in [7, 11) is 0. The van der Waals surface area contributed by atoms with E-state index in [9.17, 15) is 9.18 Å². The Labute approximate surface area is 107 Å². The minimum absolute atomic E-state index is 0.164. The number of carbonyl (C=O) groups is 1. The third-order valence-electron chi connectivity index (χ3n) is 2.31. The van der Waals surface area contributed by atoms with Crippen LogP contribution in [0.4, 0.5) is 4.39 Å². The first-order valence-electron chi connectivity index (χ1n) is 4.61. The molecule has 0 heterocycles. The van der Waals surface area contributed by atoms with Gasteiger partial charge in [-0.1, -0.05) is 25.4 Å². The lowest BCUT2D eigenvalue weighted by molar-refractivity contribution is -0.138. The lowest BCUT2D eigenvalue weighted by Gasteiger charge is -2.25. The highest BCUT2D eigenvalue weighted by Gasteiger charge is 2.30. The summed E-state index contributed by atoms with van der Waals surface area (Å²) >= 11 is 9.06. The molecule has 0 aromatic heterocycles. The maximum absolute atomic E-state index is 13.7. The van der Waals surface area contributed by atoms with Gasteiger partial charge in [-0.15, -0.1) is 0 Å². The molecule has 1 rings (SSSR count). The highest BCUT2D eigenvalue weighted by Crippen LogP contribution is 2.38. The molecule has 0 unspecified atom stereocenters. The first kappa shape index (κ1) is 13.5. The normalized spacial score (nSPS) is 11.6. The average molecular weight is 310 g/mol. The van der Waals surface area contributed by atoms with Crippen LogP contribution in [0.25, 0.3) is 0 Å². The van der Waals surface area contributed by atoms with Crippen molar-refractivity contribution in [2.75, 3.05) is 0 Å². The largest absolute Gasteiger partial charge is 0.481 e. The topological polar surface area (TPSA) is 37.3 Å². The molecule has 5 heteroatoms. The Morgan fingerprint density at radius 1 is 1.56 bits per heavy atom. The summed E-state index contributed by atoms with van der Waals surface area (Å²) in [5.74, 6) is -1.43. The molecular weight excluding hydrogens is 298 g/mol. The van der Waals surface area contributed by atoms with Crippen molar-refractivity contribution in [3.8, 4) is 0 Å². The molecule has 0 bridgehead atoms. The van der Waals surface area contributed by atoms with E-state index in [0.29, 0.717) is 15.1 Å². The molecule has 16 heavy (non-hydrogen) atoms. The summed E-state index contributed by atoms with van der Waals surface area (Å²) in [5.41, 5.74) is -0.526. The predicted octanol–water partition coefficient (Wildman–Crippen LogP) is 3.99. The first-order valence-corrected chi connectivity index (χ1v) is 5.78. The third kappa shape index (κ3) is 2.74. The number of carboxylic acid groups (broad SMARTS) is 1. The van der Waals surface area contributed by atoms with Gasteiger partial charge in [-0.2, -0.15) is 0 Å². The van der Waals surface area contributed by atoms with E-state index in [1.54, 1.807) is 13.8 Å². The van der Waals surface area contributed by atoms with Crippen LogP contribution in [0, 0.1) is 5.82 Å². The molecule has 88 valence electrons. The van der Waals surface area contributed by atoms with Crippen LogP contribution in [-0.2, 0) is 10.2 Å². The molecule has 1 N–H and O–H groups in total. The Kier molecular flexibility index (Phi) is 3.97. The number of rotatable bonds is 3. The Morgan fingerprint density at radius 3 is 2.62 bits per heavy atom. The Bertz CT molecular complexity index is 432. The molecule has 1 aromatic rings. The molecule has 0 aliphatic carbocycles. The van der Waals surface area contributed by atoms with Gasteiger partial charge in [0.1, 0.15) is 5.82 Å². The summed E-state index contributed by atoms with van der Waals surface area (Å²) in [6.45, 7) is 3.33. The number of halogens is 3. The van der Waals surface area contributed by atoms with Gasteiger partial charge in [0.05, 0.1) is 11.4 Å². The standard InChI is InChI=1S/C11H11BrClFO2/c1-11(2,5-8(15)16)9-7(14)4-3-6(13)10(9)12/h3-4H,5H2,1-2H3,(H,15,16). The molecule has 0 saturated carbocycles. The lowest BCUT2D eigenvalue weighted by atomic mass is 9.81. The molecule has 2 nitrogen and oxygen atoms in total. The van der Waals surface area contributed by atoms with Crippen molar-refractivity contribution >= 4 is 33.5 Å². The van der Waals surface area contributed by atoms with Crippen LogP contribution in [0.2, 0.25) is 5.02 Å². The zero-order valence-electron chi connectivity index (χ0n) is 8.85. The second-order valence-corrected chi connectivity index (χ2v) is 5.37. The van der Waals surface area contributed by atoms with Gasteiger partial charge in [-0.05, 0) is 28.1 Å². The van der Waals surface area contributed by atoms with E-state index in [4.69, 9.17) is 16.7 Å². The van der Waals surface area contributed by atoms with Crippen molar-refractivity contribution in [2.45, 2.75) is 25.7 Å². The summed E-state index contributed by atoms with van der Waals surface area (Å²) in [4.78, 5) is 10.7. The van der Waals surface area contributed by atoms with Crippen LogP contribution in [0.5, 0.6) is 0 Å². The molecule has 0 aliphatic rings. The van der Waals surface area contributed by atoms with Crippen molar-refractivity contribution in [3.05, 3.63) is 33.0 Å². The van der Waals surface area contributed by atoms with E-state index in [0.717, 1.165) is 0 Å². The van der Waals surface area contributed by atoms with E-state index in [1.165, 1.54) is 12.1 Å². The van der Waals surface area contributed by atoms with Gasteiger partial charge in [-0.25, -0.2) is 4.39 Å². The zero-order chi connectivity index (χ0) is 12.5. The van der Waals surface area contributed by atoms with Crippen LogP contribution in [0.3, 0.4) is 0 Å². The average Bonchev–Trinajstić information content (AvgIpc) is 2.09. The van der Waals surface area contributed by atoms with Crippen molar-refractivity contribution in [1.82, 2.24) is 0 Å². The van der Waals surface area contributed by atoms with Crippen LogP contribution >= 0.6 is 27.5 Å². The minimum Gasteiger partial charge on any atom is -0.481 e. The van der Waals surface area contributed by atoms with Gasteiger partial charge in [-0.3, -0.25) is 4.79 Å². The first-order chi connectivity index (χ1) is 7.25. The molecule has 0 fully saturated rings. The lowest BCUT2D eigenvalue weighted by Crippen LogP contribution is -2.23. The minimum atomic E-state index is -0.976. The van der Waals surface area contributed by atoms with Crippen LogP contribution in [0.15, 0.2) is 16.6 Å². The quantitative estimate of drug-likeness (QED) is 0.857. The van der Waals surface area contributed by atoms with E-state index in [2.05, 4.69) is 15.9 Å². The fourth-order valence-corrected chi connectivity index (χ4v) is 2.63. The number of benzene rings is 1. The van der Waals surface area contributed by atoms with E-state index < -0.39 is 17.2 Å². The SMILES string of the molecule is CC(C)(CC(=O)O)c1c(F)ccc(Cl)c1Br. The van der Waals surface area contributed by atoms with Gasteiger partial charge in [0.15, 0.2) is 0 Å². The zero-order valence-corrected chi connectivity index (χ0v) is 11.2. The van der Waals surface area contributed by atoms with Gasteiger partial charge < -0.3 is 5.11 Å². The van der Waals surface area contributed by atoms with Gasteiger partial charge >= 0.3 is 5.97 Å². The summed E-state index contributed by atoms with van der Waals surface area (Å²) in [5, 5.41) is 9.16. The van der Waals surface area contributed by atoms with Crippen LogP contribution < -0.4 is 0 Å². The monoisotopic (exact) mass is 308 g/mol. The second-order valence-electron chi connectivity index (χ2n) is 4.17. The highest BCUT2D eigenvalue weighted by molar-refractivity contribution is 9.10.